The molecular weight excluding hydrogens is 240 g/mol. The summed E-state index contributed by atoms with van der Waals surface area (Å²) in [6.45, 7) is 6.20. The van der Waals surface area contributed by atoms with Gasteiger partial charge in [-0.2, -0.15) is 0 Å². The van der Waals surface area contributed by atoms with Crippen molar-refractivity contribution in [3.05, 3.63) is 0 Å². The maximum absolute atomic E-state index is 11.8. The van der Waals surface area contributed by atoms with Crippen LogP contribution in [0.3, 0.4) is 0 Å². The van der Waals surface area contributed by atoms with Crippen molar-refractivity contribution in [3.63, 3.8) is 0 Å². The second kappa shape index (κ2) is 6.23. The third-order valence-corrected chi connectivity index (χ3v) is 4.95. The second-order valence-corrected chi connectivity index (χ2v) is 6.58. The van der Waals surface area contributed by atoms with Gasteiger partial charge in [0.2, 0.25) is 0 Å². The Hall–Kier alpha value is -0.610. The molecular formula is C15H28N2O2. The van der Waals surface area contributed by atoms with Gasteiger partial charge < -0.3 is 10.0 Å². The predicted octanol–water partition coefficient (Wildman–Crippen LogP) is 2.05. The summed E-state index contributed by atoms with van der Waals surface area (Å²) in [5.41, 5.74) is -0.477. The number of nitrogens with zero attached hydrogens (tertiary/aromatic N) is 2. The van der Waals surface area contributed by atoms with Crippen molar-refractivity contribution >= 4 is 5.97 Å². The van der Waals surface area contributed by atoms with Gasteiger partial charge in [-0.3, -0.25) is 9.69 Å². The highest BCUT2D eigenvalue weighted by Crippen LogP contribution is 2.38. The Morgan fingerprint density at radius 1 is 1.21 bits per heavy atom. The number of hydrogen-bond donors (Lipinski definition) is 1. The minimum atomic E-state index is -0.572. The molecule has 2 aliphatic rings. The van der Waals surface area contributed by atoms with Gasteiger partial charge >= 0.3 is 5.97 Å². The van der Waals surface area contributed by atoms with E-state index in [9.17, 15) is 9.90 Å². The molecule has 1 atom stereocenters. The van der Waals surface area contributed by atoms with Crippen molar-refractivity contribution in [1.82, 2.24) is 9.80 Å². The molecule has 2 fully saturated rings. The summed E-state index contributed by atoms with van der Waals surface area (Å²) in [4.78, 5) is 16.5. The summed E-state index contributed by atoms with van der Waals surface area (Å²) in [6, 6.07) is 0.464. The monoisotopic (exact) mass is 268 g/mol. The molecule has 4 nitrogen and oxygen atoms in total. The Kier molecular flexibility index (Phi) is 4.85. The minimum Gasteiger partial charge on any atom is -0.481 e. The first-order valence-corrected chi connectivity index (χ1v) is 7.69. The lowest BCUT2D eigenvalue weighted by atomic mass is 9.73. The van der Waals surface area contributed by atoms with Gasteiger partial charge in [-0.15, -0.1) is 0 Å². The van der Waals surface area contributed by atoms with Crippen LogP contribution in [0, 0.1) is 5.41 Å². The van der Waals surface area contributed by atoms with Crippen molar-refractivity contribution in [1.29, 1.82) is 0 Å². The van der Waals surface area contributed by atoms with Crippen LogP contribution in [-0.4, -0.2) is 60.1 Å². The first-order chi connectivity index (χ1) is 9.03. The quantitative estimate of drug-likeness (QED) is 0.851. The van der Waals surface area contributed by atoms with Crippen LogP contribution in [0.15, 0.2) is 0 Å². The van der Waals surface area contributed by atoms with Gasteiger partial charge in [-0.05, 0) is 46.3 Å². The van der Waals surface area contributed by atoms with Crippen molar-refractivity contribution in [2.75, 3.05) is 33.2 Å². The van der Waals surface area contributed by atoms with E-state index in [-0.39, 0.29) is 0 Å². The van der Waals surface area contributed by atoms with Gasteiger partial charge in [0.1, 0.15) is 0 Å². The molecule has 0 aromatic rings. The first-order valence-electron chi connectivity index (χ1n) is 7.69. The molecule has 1 saturated carbocycles. The molecule has 4 heteroatoms. The fraction of sp³-hybridized carbons (Fsp3) is 0.933. The summed E-state index contributed by atoms with van der Waals surface area (Å²) in [6.07, 6.45) is 6.23. The largest absolute Gasteiger partial charge is 0.481 e. The van der Waals surface area contributed by atoms with Crippen LogP contribution in [0.25, 0.3) is 0 Å². The average molecular weight is 268 g/mol. The summed E-state index contributed by atoms with van der Waals surface area (Å²) < 4.78 is 0. The van der Waals surface area contributed by atoms with Gasteiger partial charge in [0.25, 0.3) is 0 Å². The predicted molar refractivity (Wildman–Crippen MR) is 76.3 cm³/mol. The van der Waals surface area contributed by atoms with Gasteiger partial charge in [0, 0.05) is 19.1 Å². The number of rotatable bonds is 3. The molecule has 19 heavy (non-hydrogen) atoms. The summed E-state index contributed by atoms with van der Waals surface area (Å²) in [5, 5.41) is 9.69. The SMILES string of the molecule is CC1CN(C)CCCN1CC1(C(=O)O)CCCCC1. The normalized spacial score (nSPS) is 29.9. The topological polar surface area (TPSA) is 43.8 Å². The molecule has 0 radical (unpaired) electrons. The summed E-state index contributed by atoms with van der Waals surface area (Å²) in [5.74, 6) is -0.572. The zero-order chi connectivity index (χ0) is 13.9. The summed E-state index contributed by atoms with van der Waals surface area (Å²) >= 11 is 0. The molecule has 1 aliphatic carbocycles. The number of carboxylic acids is 1. The maximum Gasteiger partial charge on any atom is 0.310 e. The molecule has 1 aliphatic heterocycles. The van der Waals surface area contributed by atoms with Crippen LogP contribution < -0.4 is 0 Å². The minimum absolute atomic E-state index is 0.464. The van der Waals surface area contributed by atoms with Gasteiger partial charge in [-0.25, -0.2) is 0 Å². The molecule has 1 unspecified atom stereocenters. The molecule has 2 rings (SSSR count). The number of aliphatic carboxylic acids is 1. The van der Waals surface area contributed by atoms with Crippen LogP contribution in [-0.2, 0) is 4.79 Å². The van der Waals surface area contributed by atoms with Crippen molar-refractivity contribution < 1.29 is 9.90 Å². The molecule has 110 valence electrons. The molecule has 0 amide bonds. The first kappa shape index (κ1) is 14.8. The standard InChI is InChI=1S/C15H28N2O2/c1-13-11-16(2)9-6-10-17(13)12-15(14(18)19)7-4-3-5-8-15/h13H,3-12H2,1-2H3,(H,18,19). The Morgan fingerprint density at radius 2 is 1.89 bits per heavy atom. The fourth-order valence-corrected chi connectivity index (χ4v) is 3.71. The smallest absolute Gasteiger partial charge is 0.310 e. The average Bonchev–Trinajstić information content (AvgIpc) is 2.52. The lowest BCUT2D eigenvalue weighted by Gasteiger charge is -2.39. The number of likely N-dealkylation sites (N-methyl/N-ethyl adjacent to an activating group) is 1. The van der Waals surface area contributed by atoms with E-state index >= 15 is 0 Å². The molecule has 1 saturated heterocycles. The molecule has 0 spiro atoms. The number of carboxylic acid groups (broad SMARTS) is 1. The fourth-order valence-electron chi connectivity index (χ4n) is 3.71. The van der Waals surface area contributed by atoms with Crippen molar-refractivity contribution in [3.8, 4) is 0 Å². The lowest BCUT2D eigenvalue weighted by molar-refractivity contribution is -0.153. The highest BCUT2D eigenvalue weighted by atomic mass is 16.4. The van der Waals surface area contributed by atoms with E-state index in [0.29, 0.717) is 6.04 Å². The lowest BCUT2D eigenvalue weighted by Crippen LogP contribution is -2.48. The Morgan fingerprint density at radius 3 is 2.53 bits per heavy atom. The van der Waals surface area contributed by atoms with Crippen LogP contribution in [0.2, 0.25) is 0 Å². The second-order valence-electron chi connectivity index (χ2n) is 6.58. The van der Waals surface area contributed by atoms with Gasteiger partial charge in [0.05, 0.1) is 5.41 Å². The van der Waals surface area contributed by atoms with E-state index in [1.165, 1.54) is 6.42 Å². The highest BCUT2D eigenvalue weighted by molar-refractivity contribution is 5.75. The zero-order valence-corrected chi connectivity index (χ0v) is 12.4. The third kappa shape index (κ3) is 3.48. The van der Waals surface area contributed by atoms with Crippen LogP contribution >= 0.6 is 0 Å². The Labute approximate surface area is 116 Å². The molecule has 0 aromatic carbocycles. The molecule has 0 aromatic heterocycles. The Bertz CT molecular complexity index is 313. The summed E-state index contributed by atoms with van der Waals surface area (Å²) in [7, 11) is 2.16. The van der Waals surface area contributed by atoms with E-state index in [2.05, 4.69) is 23.8 Å². The van der Waals surface area contributed by atoms with Gasteiger partial charge in [-0.1, -0.05) is 19.3 Å². The number of carbonyl (C=O) groups is 1. The van der Waals surface area contributed by atoms with Crippen LogP contribution in [0.4, 0.5) is 0 Å². The van der Waals surface area contributed by atoms with Crippen molar-refractivity contribution in [2.24, 2.45) is 5.41 Å². The van der Waals surface area contributed by atoms with E-state index < -0.39 is 11.4 Å². The Balaban J connectivity index is 2.05. The number of hydrogen-bond acceptors (Lipinski definition) is 3. The maximum atomic E-state index is 11.8. The van der Waals surface area contributed by atoms with Crippen molar-refractivity contribution in [2.45, 2.75) is 51.5 Å². The molecule has 1 N–H and O–H groups in total. The van der Waals surface area contributed by atoms with E-state index in [4.69, 9.17) is 0 Å². The van der Waals surface area contributed by atoms with Gasteiger partial charge in [0.15, 0.2) is 0 Å². The van der Waals surface area contributed by atoms with E-state index in [1.807, 2.05) is 0 Å². The van der Waals surface area contributed by atoms with E-state index in [0.717, 1.165) is 58.3 Å². The highest BCUT2D eigenvalue weighted by Gasteiger charge is 2.41. The van der Waals surface area contributed by atoms with E-state index in [1.54, 1.807) is 0 Å². The van der Waals surface area contributed by atoms with Crippen LogP contribution in [0.1, 0.15) is 45.4 Å². The molecule has 1 heterocycles. The van der Waals surface area contributed by atoms with Crippen LogP contribution in [0.5, 0.6) is 0 Å². The zero-order valence-electron chi connectivity index (χ0n) is 12.4. The molecule has 0 bridgehead atoms. The third-order valence-electron chi connectivity index (χ3n) is 4.95.